The van der Waals surface area contributed by atoms with E-state index in [0.717, 1.165) is 21.6 Å². The van der Waals surface area contributed by atoms with Crippen LogP contribution in [0.3, 0.4) is 0 Å². The second-order valence-electron chi connectivity index (χ2n) is 5.68. The summed E-state index contributed by atoms with van der Waals surface area (Å²) in [4.78, 5) is 16.2. The first-order chi connectivity index (χ1) is 13.0. The van der Waals surface area contributed by atoms with Gasteiger partial charge in [-0.25, -0.2) is 4.98 Å². The summed E-state index contributed by atoms with van der Waals surface area (Å²) in [7, 11) is 3.54. The highest BCUT2D eigenvalue weighted by molar-refractivity contribution is 9.10. The molecule has 0 unspecified atom stereocenters. The summed E-state index contributed by atoms with van der Waals surface area (Å²) in [5.41, 5.74) is 1.11. The van der Waals surface area contributed by atoms with Crippen molar-refractivity contribution in [2.75, 3.05) is 18.2 Å². The van der Waals surface area contributed by atoms with Gasteiger partial charge in [0, 0.05) is 24.1 Å². The van der Waals surface area contributed by atoms with E-state index in [0.29, 0.717) is 17.4 Å². The third-order valence-corrected chi connectivity index (χ3v) is 5.26. The molecular formula is C18H18BrN5O2S. The number of amides is 1. The fourth-order valence-corrected chi connectivity index (χ4v) is 3.27. The van der Waals surface area contributed by atoms with Gasteiger partial charge in [0.05, 0.1) is 12.9 Å². The Morgan fingerprint density at radius 1 is 1.22 bits per heavy atom. The quantitative estimate of drug-likeness (QED) is 0.559. The lowest BCUT2D eigenvalue weighted by Gasteiger charge is -2.06. The Kier molecular flexibility index (Phi) is 6.46. The number of anilines is 1. The summed E-state index contributed by atoms with van der Waals surface area (Å²) in [6.45, 7) is 0. The number of benzene rings is 1. The molecule has 0 aliphatic heterocycles. The molecular weight excluding hydrogens is 430 g/mol. The normalized spacial score (nSPS) is 10.6. The van der Waals surface area contributed by atoms with Crippen LogP contribution in [0, 0.1) is 0 Å². The Labute approximate surface area is 169 Å². The van der Waals surface area contributed by atoms with Gasteiger partial charge in [0.25, 0.3) is 0 Å². The van der Waals surface area contributed by atoms with Crippen molar-refractivity contribution in [3.05, 3.63) is 58.5 Å². The summed E-state index contributed by atoms with van der Waals surface area (Å²) < 4.78 is 7.93. The molecule has 1 amide bonds. The van der Waals surface area contributed by atoms with Gasteiger partial charge in [-0.05, 0) is 45.8 Å². The van der Waals surface area contributed by atoms with Crippen molar-refractivity contribution in [3.8, 4) is 5.75 Å². The van der Waals surface area contributed by atoms with Gasteiger partial charge in [0.2, 0.25) is 5.91 Å². The van der Waals surface area contributed by atoms with E-state index in [1.165, 1.54) is 11.8 Å². The lowest BCUT2D eigenvalue weighted by Crippen LogP contribution is -2.15. The number of halogens is 1. The van der Waals surface area contributed by atoms with E-state index in [9.17, 15) is 4.79 Å². The molecule has 2 aromatic heterocycles. The van der Waals surface area contributed by atoms with E-state index < -0.39 is 0 Å². The molecule has 3 aromatic rings. The minimum absolute atomic E-state index is 0.144. The molecule has 0 saturated carbocycles. The van der Waals surface area contributed by atoms with E-state index in [4.69, 9.17) is 4.74 Å². The summed E-state index contributed by atoms with van der Waals surface area (Å²) >= 11 is 4.65. The summed E-state index contributed by atoms with van der Waals surface area (Å²) in [5.74, 6) is 2.25. The van der Waals surface area contributed by atoms with Crippen LogP contribution in [0.25, 0.3) is 0 Å². The van der Waals surface area contributed by atoms with Crippen LogP contribution in [0.1, 0.15) is 11.4 Å². The predicted octanol–water partition coefficient (Wildman–Crippen LogP) is 3.30. The second kappa shape index (κ2) is 9.01. The molecule has 0 saturated heterocycles. The highest BCUT2D eigenvalue weighted by atomic mass is 79.9. The number of nitrogens with one attached hydrogen (secondary N) is 1. The van der Waals surface area contributed by atoms with E-state index in [-0.39, 0.29) is 11.7 Å². The molecule has 0 fully saturated rings. The number of ether oxygens (including phenoxy) is 1. The molecule has 0 atom stereocenters. The highest BCUT2D eigenvalue weighted by Gasteiger charge is 2.12. The summed E-state index contributed by atoms with van der Waals surface area (Å²) in [6, 6.07) is 11.4. The number of methoxy groups -OCH3 is 1. The van der Waals surface area contributed by atoms with Crippen LogP contribution in [0.15, 0.2) is 52.2 Å². The maximum atomic E-state index is 12.1. The Bertz CT molecular complexity index is 913. The molecule has 0 aliphatic carbocycles. The minimum atomic E-state index is -0.144. The Morgan fingerprint density at radius 2 is 2.00 bits per heavy atom. The second-order valence-corrected chi connectivity index (χ2v) is 7.54. The lowest BCUT2D eigenvalue weighted by atomic mass is 10.1. The molecule has 0 radical (unpaired) electrons. The van der Waals surface area contributed by atoms with Crippen LogP contribution in [0.2, 0.25) is 0 Å². The molecule has 1 aromatic carbocycles. The van der Waals surface area contributed by atoms with Gasteiger partial charge in [-0.3, -0.25) is 4.79 Å². The molecule has 2 heterocycles. The molecule has 1 N–H and O–H groups in total. The molecule has 9 heteroatoms. The van der Waals surface area contributed by atoms with Gasteiger partial charge < -0.3 is 14.6 Å². The third kappa shape index (κ3) is 5.30. The highest BCUT2D eigenvalue weighted by Crippen LogP contribution is 2.19. The van der Waals surface area contributed by atoms with Crippen molar-refractivity contribution in [2.24, 2.45) is 7.05 Å². The van der Waals surface area contributed by atoms with Crippen molar-refractivity contribution < 1.29 is 9.53 Å². The minimum Gasteiger partial charge on any atom is -0.497 e. The first-order valence-electron chi connectivity index (χ1n) is 8.10. The van der Waals surface area contributed by atoms with Crippen LogP contribution < -0.4 is 10.1 Å². The number of carbonyl (C=O) groups is 1. The van der Waals surface area contributed by atoms with Crippen LogP contribution in [-0.4, -0.2) is 38.5 Å². The number of pyridine rings is 1. The van der Waals surface area contributed by atoms with Crippen molar-refractivity contribution in [1.82, 2.24) is 19.7 Å². The van der Waals surface area contributed by atoms with Crippen molar-refractivity contribution in [3.63, 3.8) is 0 Å². The maximum Gasteiger partial charge on any atom is 0.236 e. The first kappa shape index (κ1) is 19.4. The van der Waals surface area contributed by atoms with Crippen LogP contribution in [0.4, 0.5) is 5.82 Å². The fraction of sp³-hybridized carbons (Fsp3) is 0.222. The zero-order valence-corrected chi connectivity index (χ0v) is 17.2. The van der Waals surface area contributed by atoms with Gasteiger partial charge >= 0.3 is 0 Å². The molecule has 0 bridgehead atoms. The summed E-state index contributed by atoms with van der Waals surface area (Å²) in [5, 5.41) is 11.9. The Morgan fingerprint density at radius 3 is 2.67 bits per heavy atom. The van der Waals surface area contributed by atoms with Gasteiger partial charge in [-0.15, -0.1) is 10.2 Å². The van der Waals surface area contributed by atoms with Gasteiger partial charge in [-0.1, -0.05) is 23.9 Å². The predicted molar refractivity (Wildman–Crippen MR) is 108 cm³/mol. The zero-order valence-electron chi connectivity index (χ0n) is 14.8. The van der Waals surface area contributed by atoms with E-state index >= 15 is 0 Å². The van der Waals surface area contributed by atoms with Crippen LogP contribution >= 0.6 is 27.7 Å². The van der Waals surface area contributed by atoms with Crippen molar-refractivity contribution in [2.45, 2.75) is 11.6 Å². The molecule has 0 spiro atoms. The number of nitrogens with zero attached hydrogens (tertiary/aromatic N) is 4. The average Bonchev–Trinajstić information content (AvgIpc) is 3.02. The van der Waals surface area contributed by atoms with Crippen LogP contribution in [-0.2, 0) is 18.3 Å². The van der Waals surface area contributed by atoms with Crippen molar-refractivity contribution >= 4 is 39.4 Å². The lowest BCUT2D eigenvalue weighted by molar-refractivity contribution is -0.113. The standard InChI is InChI=1S/C18H18BrN5O2S/c1-24-16(9-12-3-6-14(26-2)7-4-12)22-23-18(24)27-11-17(25)21-15-8-5-13(19)10-20-15/h3-8,10H,9,11H2,1-2H3,(H,20,21,25). The Hall–Kier alpha value is -2.39. The molecule has 3 rings (SSSR count). The van der Waals surface area contributed by atoms with Gasteiger partial charge in [0.15, 0.2) is 5.16 Å². The van der Waals surface area contributed by atoms with Gasteiger partial charge in [-0.2, -0.15) is 0 Å². The van der Waals surface area contributed by atoms with E-state index in [2.05, 4.69) is 36.4 Å². The number of hydrogen-bond donors (Lipinski definition) is 1. The number of rotatable bonds is 7. The smallest absolute Gasteiger partial charge is 0.236 e. The molecule has 0 aliphatic rings. The number of aromatic nitrogens is 4. The maximum absolute atomic E-state index is 12.1. The van der Waals surface area contributed by atoms with Crippen LogP contribution in [0.5, 0.6) is 5.75 Å². The number of thioether (sulfide) groups is 1. The van der Waals surface area contributed by atoms with E-state index in [1.807, 2.05) is 41.9 Å². The van der Waals surface area contributed by atoms with E-state index in [1.54, 1.807) is 19.4 Å². The van der Waals surface area contributed by atoms with Gasteiger partial charge in [0.1, 0.15) is 17.4 Å². The number of carbonyl (C=O) groups excluding carboxylic acids is 1. The molecule has 27 heavy (non-hydrogen) atoms. The largest absolute Gasteiger partial charge is 0.497 e. The zero-order chi connectivity index (χ0) is 19.2. The summed E-state index contributed by atoms with van der Waals surface area (Å²) in [6.07, 6.45) is 2.29. The average molecular weight is 448 g/mol. The number of hydrogen-bond acceptors (Lipinski definition) is 6. The topological polar surface area (TPSA) is 81.9 Å². The first-order valence-corrected chi connectivity index (χ1v) is 9.88. The van der Waals surface area contributed by atoms with Crippen molar-refractivity contribution in [1.29, 1.82) is 0 Å². The fourth-order valence-electron chi connectivity index (χ4n) is 2.31. The SMILES string of the molecule is COc1ccc(Cc2nnc(SCC(=O)Nc3ccc(Br)cn3)n2C)cc1. The molecule has 7 nitrogen and oxygen atoms in total. The third-order valence-electron chi connectivity index (χ3n) is 3.77. The Balaban J connectivity index is 1.56. The molecule has 140 valence electrons. The monoisotopic (exact) mass is 447 g/mol.